The molecule has 4 nitrogen and oxygen atoms in total. The molecule has 0 aliphatic rings. The van der Waals surface area contributed by atoms with Crippen LogP contribution >= 0.6 is 0 Å². The first-order chi connectivity index (χ1) is 8.65. The van der Waals surface area contributed by atoms with Crippen molar-refractivity contribution in [2.75, 3.05) is 13.2 Å². The Balaban J connectivity index is 2.33. The summed E-state index contributed by atoms with van der Waals surface area (Å²) in [6.45, 7) is 11.9. The zero-order chi connectivity index (χ0) is 13.4. The Morgan fingerprint density at radius 1 is 1.39 bits per heavy atom. The molecule has 0 spiro atoms. The first kappa shape index (κ1) is 15.2. The molecule has 0 saturated carbocycles. The highest BCUT2D eigenvalue weighted by molar-refractivity contribution is 5.15. The molecule has 0 saturated heterocycles. The normalized spacial score (nSPS) is 11.4. The molecule has 1 heterocycles. The Kier molecular flexibility index (Phi) is 6.98. The molecule has 104 valence electrons. The smallest absolute Gasteiger partial charge is 0.0662 e. The fourth-order valence-corrected chi connectivity index (χ4v) is 1.70. The standard InChI is InChI=1S/C14H27N3O/c1-5-6-8-18-9-7-17-13(4)14(11-16-17)10-15-12(2)3/h11-12,15H,5-10H2,1-4H3. The van der Waals surface area contributed by atoms with Crippen LogP contribution in [0.1, 0.15) is 44.9 Å². The molecule has 0 bridgehead atoms. The summed E-state index contributed by atoms with van der Waals surface area (Å²) in [6, 6.07) is 0.505. The SMILES string of the molecule is CCCCOCCn1ncc(CNC(C)C)c1C. The van der Waals surface area contributed by atoms with Gasteiger partial charge < -0.3 is 10.1 Å². The lowest BCUT2D eigenvalue weighted by atomic mass is 10.2. The summed E-state index contributed by atoms with van der Waals surface area (Å²) in [6.07, 6.45) is 4.28. The van der Waals surface area contributed by atoms with Crippen LogP contribution in [0.15, 0.2) is 6.20 Å². The monoisotopic (exact) mass is 253 g/mol. The minimum Gasteiger partial charge on any atom is -0.380 e. The van der Waals surface area contributed by atoms with Gasteiger partial charge in [0.15, 0.2) is 0 Å². The molecule has 1 rings (SSSR count). The molecular formula is C14H27N3O. The van der Waals surface area contributed by atoms with Crippen LogP contribution in [0.4, 0.5) is 0 Å². The Bertz CT molecular complexity index is 334. The van der Waals surface area contributed by atoms with Crippen molar-refractivity contribution in [2.24, 2.45) is 0 Å². The molecule has 1 N–H and O–H groups in total. The van der Waals surface area contributed by atoms with E-state index in [4.69, 9.17) is 4.74 Å². The summed E-state index contributed by atoms with van der Waals surface area (Å²) in [5.41, 5.74) is 2.51. The maximum atomic E-state index is 5.56. The van der Waals surface area contributed by atoms with Gasteiger partial charge in [-0.2, -0.15) is 5.10 Å². The van der Waals surface area contributed by atoms with Gasteiger partial charge >= 0.3 is 0 Å². The van der Waals surface area contributed by atoms with Crippen molar-refractivity contribution in [1.82, 2.24) is 15.1 Å². The number of nitrogens with zero attached hydrogens (tertiary/aromatic N) is 2. The number of unbranched alkanes of at least 4 members (excludes halogenated alkanes) is 1. The van der Waals surface area contributed by atoms with Crippen LogP contribution in [0.3, 0.4) is 0 Å². The third-order valence-corrected chi connectivity index (χ3v) is 3.00. The molecule has 0 aliphatic heterocycles. The fraction of sp³-hybridized carbons (Fsp3) is 0.786. The number of rotatable bonds is 9. The van der Waals surface area contributed by atoms with Crippen LogP contribution in [-0.2, 0) is 17.8 Å². The number of aromatic nitrogens is 2. The number of hydrogen-bond donors (Lipinski definition) is 1. The van der Waals surface area contributed by atoms with Crippen molar-refractivity contribution < 1.29 is 4.74 Å². The molecule has 0 atom stereocenters. The van der Waals surface area contributed by atoms with E-state index in [2.05, 4.69) is 38.1 Å². The van der Waals surface area contributed by atoms with Crippen LogP contribution in [-0.4, -0.2) is 29.0 Å². The minimum absolute atomic E-state index is 0.505. The average molecular weight is 253 g/mol. The molecule has 0 aliphatic carbocycles. The highest BCUT2D eigenvalue weighted by atomic mass is 16.5. The number of nitrogens with one attached hydrogen (secondary N) is 1. The van der Waals surface area contributed by atoms with E-state index >= 15 is 0 Å². The summed E-state index contributed by atoms with van der Waals surface area (Å²) >= 11 is 0. The lowest BCUT2D eigenvalue weighted by Crippen LogP contribution is -2.22. The zero-order valence-electron chi connectivity index (χ0n) is 12.2. The lowest BCUT2D eigenvalue weighted by Gasteiger charge is -2.09. The van der Waals surface area contributed by atoms with Crippen LogP contribution < -0.4 is 5.32 Å². The first-order valence-corrected chi connectivity index (χ1v) is 6.97. The Labute approximate surface area is 111 Å². The maximum Gasteiger partial charge on any atom is 0.0662 e. The largest absolute Gasteiger partial charge is 0.380 e. The van der Waals surface area contributed by atoms with Crippen molar-refractivity contribution in [3.63, 3.8) is 0 Å². The van der Waals surface area contributed by atoms with Gasteiger partial charge in [-0.25, -0.2) is 0 Å². The molecule has 0 fully saturated rings. The second-order valence-corrected chi connectivity index (χ2v) is 4.98. The van der Waals surface area contributed by atoms with Crippen molar-refractivity contribution in [2.45, 2.75) is 59.7 Å². The summed E-state index contributed by atoms with van der Waals surface area (Å²) in [4.78, 5) is 0. The molecule has 0 aromatic carbocycles. The van der Waals surface area contributed by atoms with E-state index < -0.39 is 0 Å². The Morgan fingerprint density at radius 2 is 2.17 bits per heavy atom. The van der Waals surface area contributed by atoms with E-state index in [0.29, 0.717) is 6.04 Å². The molecule has 0 radical (unpaired) electrons. The first-order valence-electron chi connectivity index (χ1n) is 6.97. The topological polar surface area (TPSA) is 39.1 Å². The van der Waals surface area contributed by atoms with Gasteiger partial charge in [0.2, 0.25) is 0 Å². The highest BCUT2D eigenvalue weighted by Crippen LogP contribution is 2.07. The second-order valence-electron chi connectivity index (χ2n) is 4.98. The van der Waals surface area contributed by atoms with Gasteiger partial charge in [-0.1, -0.05) is 27.2 Å². The number of hydrogen-bond acceptors (Lipinski definition) is 3. The minimum atomic E-state index is 0.505. The van der Waals surface area contributed by atoms with Crippen molar-refractivity contribution in [3.8, 4) is 0 Å². The molecule has 1 aromatic heterocycles. The molecule has 1 aromatic rings. The van der Waals surface area contributed by atoms with Gasteiger partial charge in [-0.05, 0) is 13.3 Å². The van der Waals surface area contributed by atoms with E-state index in [1.54, 1.807) is 0 Å². The van der Waals surface area contributed by atoms with Crippen molar-refractivity contribution in [3.05, 3.63) is 17.5 Å². The van der Waals surface area contributed by atoms with E-state index in [0.717, 1.165) is 32.7 Å². The van der Waals surface area contributed by atoms with E-state index in [9.17, 15) is 0 Å². The Hall–Kier alpha value is -0.870. The van der Waals surface area contributed by atoms with Gasteiger partial charge in [0, 0.05) is 30.5 Å². The maximum absolute atomic E-state index is 5.56. The van der Waals surface area contributed by atoms with Gasteiger partial charge in [0.25, 0.3) is 0 Å². The van der Waals surface area contributed by atoms with Crippen molar-refractivity contribution >= 4 is 0 Å². The van der Waals surface area contributed by atoms with Crippen molar-refractivity contribution in [1.29, 1.82) is 0 Å². The second kappa shape index (κ2) is 8.27. The van der Waals surface area contributed by atoms with Crippen LogP contribution in [0, 0.1) is 6.92 Å². The molecule has 4 heteroatoms. The Morgan fingerprint density at radius 3 is 2.83 bits per heavy atom. The predicted octanol–water partition coefficient (Wildman–Crippen LogP) is 2.51. The van der Waals surface area contributed by atoms with E-state index in [1.807, 2.05) is 10.9 Å². The van der Waals surface area contributed by atoms with Gasteiger partial charge in [0.05, 0.1) is 19.3 Å². The summed E-state index contributed by atoms with van der Waals surface area (Å²) < 4.78 is 7.60. The third kappa shape index (κ3) is 5.19. The molecule has 0 amide bonds. The highest BCUT2D eigenvalue weighted by Gasteiger charge is 2.06. The number of ether oxygens (including phenoxy) is 1. The summed E-state index contributed by atoms with van der Waals surface area (Å²) in [5.74, 6) is 0. The third-order valence-electron chi connectivity index (χ3n) is 3.00. The van der Waals surface area contributed by atoms with Gasteiger partial charge in [-0.15, -0.1) is 0 Å². The predicted molar refractivity (Wildman–Crippen MR) is 74.7 cm³/mol. The van der Waals surface area contributed by atoms with Gasteiger partial charge in [-0.3, -0.25) is 4.68 Å². The zero-order valence-corrected chi connectivity index (χ0v) is 12.2. The van der Waals surface area contributed by atoms with Crippen LogP contribution in [0.25, 0.3) is 0 Å². The fourth-order valence-electron chi connectivity index (χ4n) is 1.70. The molecular weight excluding hydrogens is 226 g/mol. The lowest BCUT2D eigenvalue weighted by molar-refractivity contribution is 0.120. The van der Waals surface area contributed by atoms with Gasteiger partial charge in [0.1, 0.15) is 0 Å². The molecule has 0 unspecified atom stereocenters. The average Bonchev–Trinajstić information content (AvgIpc) is 2.68. The summed E-state index contributed by atoms with van der Waals surface area (Å²) in [5, 5.41) is 7.82. The van der Waals surface area contributed by atoms with E-state index in [-0.39, 0.29) is 0 Å². The van der Waals surface area contributed by atoms with Crippen LogP contribution in [0.2, 0.25) is 0 Å². The van der Waals surface area contributed by atoms with Crippen LogP contribution in [0.5, 0.6) is 0 Å². The molecule has 18 heavy (non-hydrogen) atoms. The quantitative estimate of drug-likeness (QED) is 0.687. The summed E-state index contributed by atoms with van der Waals surface area (Å²) in [7, 11) is 0. The van der Waals surface area contributed by atoms with E-state index in [1.165, 1.54) is 17.7 Å².